The number of rotatable bonds is 4. The summed E-state index contributed by atoms with van der Waals surface area (Å²) < 4.78 is 7.60. The lowest BCUT2D eigenvalue weighted by Gasteiger charge is -2.10. The number of aromatic nitrogens is 3. The maximum absolute atomic E-state index is 12.6. The molecule has 0 amide bonds. The van der Waals surface area contributed by atoms with Crippen LogP contribution in [0.2, 0.25) is 0 Å². The quantitative estimate of drug-likeness (QED) is 0.379. The molecule has 166 valence electrons. The lowest BCUT2D eigenvalue weighted by Crippen LogP contribution is -2.09. The van der Waals surface area contributed by atoms with E-state index in [2.05, 4.69) is 28.6 Å². The standard InChI is InChI=1S/C26H24N4O2S/c1-15-17(3)33-25-22(15)23(27-16(2)24-29-28-18(4)30(24)25)20-10-12-21(13-11-20)26(31)32-14-19-8-6-5-7-9-19/h5-13,16H,14H2,1-4H3. The van der Waals surface area contributed by atoms with Gasteiger partial charge >= 0.3 is 5.97 Å². The van der Waals surface area contributed by atoms with E-state index in [1.165, 1.54) is 10.4 Å². The van der Waals surface area contributed by atoms with Crippen LogP contribution in [0.15, 0.2) is 59.6 Å². The summed E-state index contributed by atoms with van der Waals surface area (Å²) >= 11 is 1.73. The number of fused-ring (bicyclic) bond motifs is 3. The summed E-state index contributed by atoms with van der Waals surface area (Å²) in [6.07, 6.45) is 0. The van der Waals surface area contributed by atoms with Crippen molar-refractivity contribution in [3.05, 3.63) is 98.9 Å². The molecule has 1 aliphatic heterocycles. The van der Waals surface area contributed by atoms with Crippen LogP contribution in [-0.4, -0.2) is 26.4 Å². The first-order chi connectivity index (χ1) is 15.9. The zero-order valence-corrected chi connectivity index (χ0v) is 19.8. The van der Waals surface area contributed by atoms with Crippen LogP contribution in [-0.2, 0) is 11.3 Å². The number of esters is 1. The summed E-state index contributed by atoms with van der Waals surface area (Å²) in [5.41, 5.74) is 5.65. The van der Waals surface area contributed by atoms with Crippen LogP contribution in [0.25, 0.3) is 5.00 Å². The average Bonchev–Trinajstić information content (AvgIpc) is 3.31. The highest BCUT2D eigenvalue weighted by atomic mass is 32.1. The molecular weight excluding hydrogens is 432 g/mol. The number of ether oxygens (including phenoxy) is 1. The van der Waals surface area contributed by atoms with Crippen LogP contribution in [0, 0.1) is 20.8 Å². The van der Waals surface area contributed by atoms with Crippen LogP contribution in [0.4, 0.5) is 0 Å². The van der Waals surface area contributed by atoms with E-state index in [0.29, 0.717) is 5.56 Å². The molecule has 33 heavy (non-hydrogen) atoms. The lowest BCUT2D eigenvalue weighted by molar-refractivity contribution is 0.0472. The summed E-state index contributed by atoms with van der Waals surface area (Å²) in [7, 11) is 0. The van der Waals surface area contributed by atoms with Crippen molar-refractivity contribution in [1.82, 2.24) is 14.8 Å². The number of carbonyl (C=O) groups excluding carboxylic acids is 1. The summed E-state index contributed by atoms with van der Waals surface area (Å²) in [4.78, 5) is 18.8. The molecule has 0 saturated heterocycles. The van der Waals surface area contributed by atoms with Crippen molar-refractivity contribution in [2.24, 2.45) is 4.99 Å². The fraction of sp³-hybridized carbons (Fsp3) is 0.231. The summed E-state index contributed by atoms with van der Waals surface area (Å²) in [5.74, 6) is 1.35. The molecule has 7 heteroatoms. The normalized spacial score (nSPS) is 14.8. The second-order valence-electron chi connectivity index (χ2n) is 8.20. The molecule has 1 aliphatic rings. The molecule has 0 radical (unpaired) electrons. The molecule has 0 bridgehead atoms. The number of hydrogen-bond acceptors (Lipinski definition) is 6. The molecule has 0 aliphatic carbocycles. The Bertz CT molecular complexity index is 1370. The summed E-state index contributed by atoms with van der Waals surface area (Å²) in [5, 5.41) is 9.79. The van der Waals surface area contributed by atoms with Crippen molar-refractivity contribution in [3.63, 3.8) is 0 Å². The Labute approximate surface area is 196 Å². The molecule has 1 unspecified atom stereocenters. The van der Waals surface area contributed by atoms with Gasteiger partial charge in [-0.25, -0.2) is 4.79 Å². The Balaban J connectivity index is 1.47. The highest BCUT2D eigenvalue weighted by Gasteiger charge is 2.29. The minimum Gasteiger partial charge on any atom is -0.457 e. The van der Waals surface area contributed by atoms with Gasteiger partial charge < -0.3 is 4.74 Å². The van der Waals surface area contributed by atoms with Crippen LogP contribution >= 0.6 is 11.3 Å². The van der Waals surface area contributed by atoms with E-state index in [0.717, 1.165) is 39.1 Å². The number of thiophene rings is 1. The average molecular weight is 457 g/mol. The van der Waals surface area contributed by atoms with Crippen molar-refractivity contribution in [3.8, 4) is 5.00 Å². The van der Waals surface area contributed by atoms with Crippen LogP contribution < -0.4 is 0 Å². The van der Waals surface area contributed by atoms with E-state index >= 15 is 0 Å². The number of hydrogen-bond donors (Lipinski definition) is 0. The summed E-state index contributed by atoms with van der Waals surface area (Å²) in [6, 6.07) is 17.0. The van der Waals surface area contributed by atoms with E-state index in [-0.39, 0.29) is 18.6 Å². The second-order valence-corrected chi connectivity index (χ2v) is 9.40. The van der Waals surface area contributed by atoms with Gasteiger partial charge in [0.05, 0.1) is 11.3 Å². The number of benzene rings is 2. The van der Waals surface area contributed by atoms with Crippen molar-refractivity contribution < 1.29 is 9.53 Å². The minimum atomic E-state index is -0.341. The number of carbonyl (C=O) groups is 1. The Kier molecular flexibility index (Phi) is 5.42. The highest BCUT2D eigenvalue weighted by molar-refractivity contribution is 7.15. The van der Waals surface area contributed by atoms with Crippen molar-refractivity contribution in [1.29, 1.82) is 0 Å². The fourth-order valence-corrected chi connectivity index (χ4v) is 5.26. The maximum atomic E-state index is 12.6. The molecule has 0 N–H and O–H groups in total. The fourth-order valence-electron chi connectivity index (χ4n) is 4.05. The van der Waals surface area contributed by atoms with E-state index in [9.17, 15) is 4.79 Å². The minimum absolute atomic E-state index is 0.143. The van der Waals surface area contributed by atoms with Gasteiger partial charge in [-0.2, -0.15) is 0 Å². The maximum Gasteiger partial charge on any atom is 0.338 e. The van der Waals surface area contributed by atoms with Crippen LogP contribution in [0.1, 0.15) is 62.1 Å². The van der Waals surface area contributed by atoms with Crippen molar-refractivity contribution in [2.75, 3.05) is 0 Å². The van der Waals surface area contributed by atoms with Gasteiger partial charge in [0.2, 0.25) is 0 Å². The first-order valence-corrected chi connectivity index (χ1v) is 11.7. The first-order valence-electron chi connectivity index (χ1n) is 10.9. The van der Waals surface area contributed by atoms with E-state index < -0.39 is 0 Å². The third-order valence-electron chi connectivity index (χ3n) is 5.96. The third kappa shape index (κ3) is 3.78. The van der Waals surface area contributed by atoms with Gasteiger partial charge in [0, 0.05) is 16.0 Å². The zero-order chi connectivity index (χ0) is 23.1. The Morgan fingerprint density at radius 1 is 1.03 bits per heavy atom. The molecule has 1 atom stereocenters. The SMILES string of the molecule is Cc1sc2c(c1C)C(c1ccc(C(=O)OCc3ccccc3)cc1)=NC(C)c1nnc(C)n1-2. The smallest absolute Gasteiger partial charge is 0.338 e. The van der Waals surface area contributed by atoms with E-state index in [4.69, 9.17) is 9.73 Å². The Morgan fingerprint density at radius 2 is 1.76 bits per heavy atom. The number of aryl methyl sites for hydroxylation is 2. The molecule has 4 aromatic rings. The first kappa shape index (κ1) is 21.3. The van der Waals surface area contributed by atoms with Gasteiger partial charge in [-0.3, -0.25) is 9.56 Å². The van der Waals surface area contributed by atoms with Gasteiger partial charge in [-0.1, -0.05) is 42.5 Å². The van der Waals surface area contributed by atoms with Gasteiger partial charge in [0.15, 0.2) is 5.82 Å². The van der Waals surface area contributed by atoms with Crippen molar-refractivity contribution >= 4 is 23.0 Å². The third-order valence-corrected chi connectivity index (χ3v) is 7.15. The van der Waals surface area contributed by atoms with E-state index in [1.807, 2.05) is 56.3 Å². The largest absolute Gasteiger partial charge is 0.457 e. The van der Waals surface area contributed by atoms with Gasteiger partial charge in [0.1, 0.15) is 23.5 Å². The van der Waals surface area contributed by atoms with Gasteiger partial charge in [0.25, 0.3) is 0 Å². The molecule has 6 nitrogen and oxygen atoms in total. The predicted molar refractivity (Wildman–Crippen MR) is 130 cm³/mol. The topological polar surface area (TPSA) is 69.4 Å². The summed E-state index contributed by atoms with van der Waals surface area (Å²) in [6.45, 7) is 8.51. The molecule has 0 saturated carbocycles. The monoisotopic (exact) mass is 456 g/mol. The van der Waals surface area contributed by atoms with Gasteiger partial charge in [-0.05, 0) is 51.0 Å². The molecular formula is C26H24N4O2S. The predicted octanol–water partition coefficient (Wildman–Crippen LogP) is 5.52. The zero-order valence-electron chi connectivity index (χ0n) is 19.0. The highest BCUT2D eigenvalue weighted by Crippen LogP contribution is 2.38. The van der Waals surface area contributed by atoms with E-state index in [1.54, 1.807) is 23.5 Å². The Morgan fingerprint density at radius 3 is 2.48 bits per heavy atom. The molecule has 3 heterocycles. The van der Waals surface area contributed by atoms with Gasteiger partial charge in [-0.15, -0.1) is 21.5 Å². The van der Waals surface area contributed by atoms with Crippen LogP contribution in [0.5, 0.6) is 0 Å². The van der Waals surface area contributed by atoms with Crippen molar-refractivity contribution in [2.45, 2.75) is 40.3 Å². The molecule has 0 spiro atoms. The molecule has 0 fully saturated rings. The lowest BCUT2D eigenvalue weighted by atomic mass is 9.99. The molecule has 2 aromatic heterocycles. The number of nitrogens with zero attached hydrogens (tertiary/aromatic N) is 4. The number of aliphatic imine (C=N–C) groups is 1. The van der Waals surface area contributed by atoms with Crippen LogP contribution in [0.3, 0.4) is 0 Å². The molecule has 2 aromatic carbocycles. The second kappa shape index (κ2) is 8.41. The Hall–Kier alpha value is -3.58. The molecule has 5 rings (SSSR count).